The lowest BCUT2D eigenvalue weighted by Crippen LogP contribution is -2.41. The highest BCUT2D eigenvalue weighted by Gasteiger charge is 2.22. The molecule has 2 aromatic heterocycles. The van der Waals surface area contributed by atoms with E-state index in [0.29, 0.717) is 13.2 Å². The lowest BCUT2D eigenvalue weighted by Gasteiger charge is -2.17. The van der Waals surface area contributed by atoms with Crippen LogP contribution in [0.5, 0.6) is 0 Å². The third kappa shape index (κ3) is 3.53. The van der Waals surface area contributed by atoms with Crippen LogP contribution in [0.3, 0.4) is 0 Å². The van der Waals surface area contributed by atoms with Crippen molar-refractivity contribution in [3.8, 4) is 0 Å². The number of aromatic nitrogens is 2. The number of hydrogen-bond acceptors (Lipinski definition) is 2. The van der Waals surface area contributed by atoms with Gasteiger partial charge in [-0.15, -0.1) is 0 Å². The molecular weight excluding hydrogens is 288 g/mol. The minimum absolute atomic E-state index is 0.146. The van der Waals surface area contributed by atoms with Crippen LogP contribution < -0.4 is 4.57 Å². The smallest absolute Gasteiger partial charge is 0.229 e. The zero-order valence-electron chi connectivity index (χ0n) is 15.0. The second-order valence-electron chi connectivity index (χ2n) is 6.29. The average molecular weight is 315 g/mol. The van der Waals surface area contributed by atoms with Crippen molar-refractivity contribution in [3.05, 3.63) is 52.6 Å². The van der Waals surface area contributed by atoms with E-state index in [1.807, 2.05) is 43.7 Å². The monoisotopic (exact) mass is 315 g/mol. The first-order valence-electron chi connectivity index (χ1n) is 8.03. The van der Waals surface area contributed by atoms with Crippen molar-refractivity contribution in [2.45, 2.75) is 47.2 Å². The van der Waals surface area contributed by atoms with Gasteiger partial charge >= 0.3 is 0 Å². The maximum Gasteiger partial charge on any atom is 0.229 e. The van der Waals surface area contributed by atoms with E-state index in [-0.39, 0.29) is 11.8 Å². The first kappa shape index (κ1) is 17.4. The average Bonchev–Trinajstić information content (AvgIpc) is 2.79. The number of Topliss-reactive ketones (excluding diaryl/α,β-unsaturated/α-hetero) is 1. The molecular formula is C19H27N2O2+. The number of carbonyl (C=O) groups is 1. The minimum Gasteiger partial charge on any atom is -0.383 e. The van der Waals surface area contributed by atoms with Crippen molar-refractivity contribution >= 4 is 5.78 Å². The fraction of sp³-hybridized carbons (Fsp3) is 0.474. The highest BCUT2D eigenvalue weighted by atomic mass is 16.5. The van der Waals surface area contributed by atoms with Gasteiger partial charge in [-0.2, -0.15) is 4.57 Å². The molecule has 0 fully saturated rings. The summed E-state index contributed by atoms with van der Waals surface area (Å²) in [5.41, 5.74) is 5.24. The lowest BCUT2D eigenvalue weighted by molar-refractivity contribution is -0.689. The van der Waals surface area contributed by atoms with Gasteiger partial charge in [-0.1, -0.05) is 0 Å². The highest BCUT2D eigenvalue weighted by Crippen LogP contribution is 2.21. The number of ether oxygens (including phenoxy) is 1. The van der Waals surface area contributed by atoms with Gasteiger partial charge in [0.15, 0.2) is 11.9 Å². The molecule has 0 radical (unpaired) electrons. The molecule has 124 valence electrons. The summed E-state index contributed by atoms with van der Waals surface area (Å²) in [6.45, 7) is 11.3. The molecule has 0 aliphatic carbocycles. The molecule has 0 amide bonds. The Labute approximate surface area is 138 Å². The van der Waals surface area contributed by atoms with Crippen LogP contribution >= 0.6 is 0 Å². The molecule has 0 saturated heterocycles. The second kappa shape index (κ2) is 7.09. The third-order valence-corrected chi connectivity index (χ3v) is 4.56. The van der Waals surface area contributed by atoms with E-state index in [4.69, 9.17) is 4.74 Å². The van der Waals surface area contributed by atoms with Crippen LogP contribution in [0.4, 0.5) is 0 Å². The van der Waals surface area contributed by atoms with Crippen molar-refractivity contribution in [3.63, 3.8) is 0 Å². The summed E-state index contributed by atoms with van der Waals surface area (Å²) in [5, 5.41) is 0. The van der Waals surface area contributed by atoms with E-state index in [9.17, 15) is 4.79 Å². The second-order valence-corrected chi connectivity index (χ2v) is 6.29. The molecule has 0 saturated carbocycles. The van der Waals surface area contributed by atoms with E-state index in [2.05, 4.69) is 24.5 Å². The summed E-state index contributed by atoms with van der Waals surface area (Å²) in [5.74, 6) is 0.146. The minimum atomic E-state index is 0.146. The molecule has 0 aliphatic heterocycles. The number of nitrogens with zero attached hydrogens (tertiary/aromatic N) is 2. The molecule has 0 unspecified atom stereocenters. The number of pyridine rings is 1. The fourth-order valence-corrected chi connectivity index (χ4v) is 3.21. The van der Waals surface area contributed by atoms with Gasteiger partial charge in [-0.25, -0.2) is 0 Å². The van der Waals surface area contributed by atoms with Crippen LogP contribution in [0.15, 0.2) is 24.4 Å². The fourth-order valence-electron chi connectivity index (χ4n) is 3.21. The normalized spacial score (nSPS) is 12.4. The molecule has 1 atom stereocenters. The largest absolute Gasteiger partial charge is 0.383 e. The Morgan fingerprint density at radius 3 is 2.65 bits per heavy atom. The van der Waals surface area contributed by atoms with Crippen LogP contribution in [0.25, 0.3) is 0 Å². The molecule has 23 heavy (non-hydrogen) atoms. The molecule has 0 spiro atoms. The maximum absolute atomic E-state index is 12.8. The molecule has 0 aromatic carbocycles. The van der Waals surface area contributed by atoms with Gasteiger partial charge in [0.25, 0.3) is 0 Å². The van der Waals surface area contributed by atoms with Gasteiger partial charge in [-0.05, 0) is 39.8 Å². The zero-order chi connectivity index (χ0) is 17.1. The predicted octanol–water partition coefficient (Wildman–Crippen LogP) is 3.10. The summed E-state index contributed by atoms with van der Waals surface area (Å²) in [6.07, 6.45) is 1.97. The topological polar surface area (TPSA) is 35.1 Å². The summed E-state index contributed by atoms with van der Waals surface area (Å²) < 4.78 is 9.45. The third-order valence-electron chi connectivity index (χ3n) is 4.56. The van der Waals surface area contributed by atoms with Crippen LogP contribution in [0, 0.1) is 27.7 Å². The van der Waals surface area contributed by atoms with E-state index < -0.39 is 0 Å². The van der Waals surface area contributed by atoms with Crippen molar-refractivity contribution in [1.82, 2.24) is 4.57 Å². The van der Waals surface area contributed by atoms with E-state index >= 15 is 0 Å². The van der Waals surface area contributed by atoms with E-state index in [0.717, 1.165) is 22.6 Å². The van der Waals surface area contributed by atoms with Crippen molar-refractivity contribution < 1.29 is 14.1 Å². The van der Waals surface area contributed by atoms with Gasteiger partial charge in [0.05, 0.1) is 12.6 Å². The number of carbonyl (C=O) groups excluding carboxylic acids is 1. The molecule has 2 rings (SSSR count). The molecule has 0 aliphatic rings. The summed E-state index contributed by atoms with van der Waals surface area (Å²) in [7, 11) is 1.70. The van der Waals surface area contributed by atoms with Crippen LogP contribution in [-0.4, -0.2) is 24.1 Å². The summed E-state index contributed by atoms with van der Waals surface area (Å²) in [6, 6.07) is 6.26. The Morgan fingerprint density at radius 1 is 1.30 bits per heavy atom. The van der Waals surface area contributed by atoms with Crippen LogP contribution in [0.1, 0.15) is 46.0 Å². The number of ketones is 1. The van der Waals surface area contributed by atoms with Crippen molar-refractivity contribution in [2.24, 2.45) is 0 Å². The number of hydrogen-bond donors (Lipinski definition) is 0. The lowest BCUT2D eigenvalue weighted by atomic mass is 10.1. The number of aryl methyl sites for hydroxylation is 2. The van der Waals surface area contributed by atoms with Gasteiger partial charge in [-0.3, -0.25) is 4.79 Å². The quantitative estimate of drug-likeness (QED) is 0.606. The van der Waals surface area contributed by atoms with Crippen molar-refractivity contribution in [2.75, 3.05) is 13.7 Å². The first-order valence-corrected chi connectivity index (χ1v) is 8.03. The standard InChI is InChI=1S/C19H27N2O2/c1-13-8-7-9-20(16(13)4)11-19(22)18-10-14(2)21(17(18)5)15(3)12-23-6/h7-10,15H,11-12H2,1-6H3/q+1/t15-/m1/s1. The van der Waals surface area contributed by atoms with E-state index in [1.54, 1.807) is 7.11 Å². The molecule has 0 N–H and O–H groups in total. The van der Waals surface area contributed by atoms with Gasteiger partial charge in [0, 0.05) is 42.6 Å². The molecule has 2 heterocycles. The van der Waals surface area contributed by atoms with Gasteiger partial charge in [0.1, 0.15) is 0 Å². The number of methoxy groups -OCH3 is 1. The summed E-state index contributed by atoms with van der Waals surface area (Å²) >= 11 is 0. The SMILES string of the molecule is COC[C@@H](C)n1c(C)cc(C(=O)C[n+]2cccc(C)c2C)c1C. The Hall–Kier alpha value is -1.94. The Kier molecular flexibility index (Phi) is 5.37. The maximum atomic E-state index is 12.8. The molecule has 4 heteroatoms. The zero-order valence-corrected chi connectivity index (χ0v) is 15.0. The Bertz CT molecular complexity index is 716. The van der Waals surface area contributed by atoms with Gasteiger partial charge in [0.2, 0.25) is 12.3 Å². The Morgan fingerprint density at radius 2 is 2.00 bits per heavy atom. The van der Waals surface area contributed by atoms with Crippen LogP contribution in [0.2, 0.25) is 0 Å². The molecule has 4 nitrogen and oxygen atoms in total. The predicted molar refractivity (Wildman–Crippen MR) is 90.9 cm³/mol. The highest BCUT2D eigenvalue weighted by molar-refractivity contribution is 5.96. The van der Waals surface area contributed by atoms with E-state index in [1.165, 1.54) is 5.56 Å². The van der Waals surface area contributed by atoms with Gasteiger partial charge < -0.3 is 9.30 Å². The Balaban J connectivity index is 2.30. The van der Waals surface area contributed by atoms with Crippen molar-refractivity contribution in [1.29, 1.82) is 0 Å². The van der Waals surface area contributed by atoms with Crippen LogP contribution in [-0.2, 0) is 11.3 Å². The molecule has 2 aromatic rings. The first-order chi connectivity index (χ1) is 10.9. The molecule has 0 bridgehead atoms. The number of rotatable bonds is 6. The summed E-state index contributed by atoms with van der Waals surface area (Å²) in [4.78, 5) is 12.8.